The first-order valence-corrected chi connectivity index (χ1v) is 8.07. The number of nitro benzene ring substituents is 1. The molecule has 0 aromatic heterocycles. The number of nitrogens with zero attached hydrogens (tertiary/aromatic N) is 1. The maximum absolute atomic E-state index is 13.3. The lowest BCUT2D eigenvalue weighted by molar-refractivity contribution is -0.387. The quantitative estimate of drug-likeness (QED) is 0.337. The van der Waals surface area contributed by atoms with E-state index in [-0.39, 0.29) is 5.69 Å². The molecular formula is C19H17FN2O6. The first-order chi connectivity index (χ1) is 13.3. The molecule has 1 N–H and O–H groups in total. The predicted molar refractivity (Wildman–Crippen MR) is 99.3 cm³/mol. The summed E-state index contributed by atoms with van der Waals surface area (Å²) in [6, 6.07) is 9.87. The van der Waals surface area contributed by atoms with E-state index in [1.165, 1.54) is 20.1 Å². The molecule has 0 aliphatic carbocycles. The number of methoxy groups -OCH3 is 1. The highest BCUT2D eigenvalue weighted by Crippen LogP contribution is 2.21. The van der Waals surface area contributed by atoms with Crippen molar-refractivity contribution in [2.75, 3.05) is 12.4 Å². The van der Waals surface area contributed by atoms with Gasteiger partial charge in [0.2, 0.25) is 5.82 Å². The zero-order chi connectivity index (χ0) is 20.7. The van der Waals surface area contributed by atoms with Gasteiger partial charge < -0.3 is 14.8 Å². The SMILES string of the molecule is COc1cccc(/C=C/C(=O)O[C@@H](C)C(=O)Nc2ccc(F)c([N+](=O)[O-])c2)c1. The molecule has 2 rings (SSSR count). The Morgan fingerprint density at radius 3 is 2.68 bits per heavy atom. The second-order valence-corrected chi connectivity index (χ2v) is 5.60. The number of amides is 1. The Bertz CT molecular complexity index is 928. The highest BCUT2D eigenvalue weighted by molar-refractivity contribution is 5.96. The third-order valence-corrected chi connectivity index (χ3v) is 3.58. The van der Waals surface area contributed by atoms with Crippen molar-refractivity contribution in [3.63, 3.8) is 0 Å². The molecule has 28 heavy (non-hydrogen) atoms. The van der Waals surface area contributed by atoms with Gasteiger partial charge in [0.25, 0.3) is 5.91 Å². The Balaban J connectivity index is 1.96. The van der Waals surface area contributed by atoms with Crippen molar-refractivity contribution in [1.29, 1.82) is 0 Å². The number of nitrogens with one attached hydrogen (secondary N) is 1. The summed E-state index contributed by atoms with van der Waals surface area (Å²) >= 11 is 0. The monoisotopic (exact) mass is 388 g/mol. The third kappa shape index (κ3) is 5.63. The van der Waals surface area contributed by atoms with Crippen molar-refractivity contribution < 1.29 is 28.4 Å². The second-order valence-electron chi connectivity index (χ2n) is 5.60. The third-order valence-electron chi connectivity index (χ3n) is 3.58. The van der Waals surface area contributed by atoms with Gasteiger partial charge in [0.15, 0.2) is 6.10 Å². The van der Waals surface area contributed by atoms with Crippen LogP contribution in [0.5, 0.6) is 5.75 Å². The van der Waals surface area contributed by atoms with Crippen LogP contribution in [0.15, 0.2) is 48.5 Å². The number of nitro groups is 1. The molecule has 0 unspecified atom stereocenters. The number of hydrogen-bond donors (Lipinski definition) is 1. The fourth-order valence-electron chi connectivity index (χ4n) is 2.15. The largest absolute Gasteiger partial charge is 0.497 e. The summed E-state index contributed by atoms with van der Waals surface area (Å²) in [6.45, 7) is 1.34. The van der Waals surface area contributed by atoms with Gasteiger partial charge in [0.1, 0.15) is 5.75 Å². The highest BCUT2D eigenvalue weighted by atomic mass is 19.1. The minimum Gasteiger partial charge on any atom is -0.497 e. The maximum Gasteiger partial charge on any atom is 0.331 e. The number of carbonyl (C=O) groups is 2. The molecule has 0 fully saturated rings. The fraction of sp³-hybridized carbons (Fsp3) is 0.158. The number of ether oxygens (including phenoxy) is 2. The predicted octanol–water partition coefficient (Wildman–Crippen LogP) is 3.33. The molecule has 2 aromatic rings. The van der Waals surface area contributed by atoms with Crippen molar-refractivity contribution in [3.8, 4) is 5.75 Å². The molecule has 1 amide bonds. The number of anilines is 1. The van der Waals surface area contributed by atoms with Crippen molar-refractivity contribution in [1.82, 2.24) is 0 Å². The first-order valence-electron chi connectivity index (χ1n) is 8.07. The van der Waals surface area contributed by atoms with E-state index in [0.717, 1.165) is 24.3 Å². The standard InChI is InChI=1S/C19H17FN2O6/c1-12(19(24)21-14-7-8-16(20)17(11-14)22(25)26)28-18(23)9-6-13-4-3-5-15(10-13)27-2/h3-12H,1-2H3,(H,21,24)/b9-6+/t12-/m0/s1. The average molecular weight is 388 g/mol. The van der Waals surface area contributed by atoms with Gasteiger partial charge in [-0.1, -0.05) is 12.1 Å². The first kappa shape index (κ1) is 20.6. The van der Waals surface area contributed by atoms with Gasteiger partial charge in [0.05, 0.1) is 12.0 Å². The topological polar surface area (TPSA) is 108 Å². The van der Waals surface area contributed by atoms with E-state index in [1.807, 2.05) is 0 Å². The molecule has 0 radical (unpaired) electrons. The highest BCUT2D eigenvalue weighted by Gasteiger charge is 2.19. The van der Waals surface area contributed by atoms with Crippen LogP contribution in [-0.4, -0.2) is 30.0 Å². The average Bonchev–Trinajstić information content (AvgIpc) is 2.67. The number of halogens is 1. The van der Waals surface area contributed by atoms with Crippen LogP contribution in [0.3, 0.4) is 0 Å². The normalized spacial score (nSPS) is 11.7. The van der Waals surface area contributed by atoms with Gasteiger partial charge in [-0.3, -0.25) is 14.9 Å². The number of benzene rings is 2. The molecule has 146 valence electrons. The van der Waals surface area contributed by atoms with Crippen LogP contribution in [0.4, 0.5) is 15.8 Å². The van der Waals surface area contributed by atoms with E-state index in [0.29, 0.717) is 11.3 Å². The molecule has 2 aromatic carbocycles. The van der Waals surface area contributed by atoms with Gasteiger partial charge in [-0.25, -0.2) is 4.79 Å². The van der Waals surface area contributed by atoms with Crippen LogP contribution < -0.4 is 10.1 Å². The Morgan fingerprint density at radius 2 is 2.00 bits per heavy atom. The number of hydrogen-bond acceptors (Lipinski definition) is 6. The van der Waals surface area contributed by atoms with Crippen molar-refractivity contribution in [2.45, 2.75) is 13.0 Å². The van der Waals surface area contributed by atoms with Gasteiger partial charge in [0, 0.05) is 17.8 Å². The zero-order valence-corrected chi connectivity index (χ0v) is 15.0. The molecule has 0 aliphatic rings. The van der Waals surface area contributed by atoms with E-state index in [9.17, 15) is 24.1 Å². The zero-order valence-electron chi connectivity index (χ0n) is 15.0. The minimum absolute atomic E-state index is 0.00733. The fourth-order valence-corrected chi connectivity index (χ4v) is 2.15. The summed E-state index contributed by atoms with van der Waals surface area (Å²) in [4.78, 5) is 33.8. The van der Waals surface area contributed by atoms with E-state index in [1.54, 1.807) is 24.3 Å². The van der Waals surface area contributed by atoms with Crippen molar-refractivity contribution in [2.24, 2.45) is 0 Å². The van der Waals surface area contributed by atoms with Gasteiger partial charge in [-0.05, 0) is 42.8 Å². The van der Waals surface area contributed by atoms with E-state index < -0.39 is 34.4 Å². The maximum atomic E-state index is 13.3. The Kier molecular flexibility index (Phi) is 6.80. The van der Waals surface area contributed by atoms with Crippen LogP contribution in [-0.2, 0) is 14.3 Å². The van der Waals surface area contributed by atoms with E-state index in [2.05, 4.69) is 5.32 Å². The summed E-state index contributed by atoms with van der Waals surface area (Å²) in [5.41, 5.74) is -0.0661. The Morgan fingerprint density at radius 1 is 1.25 bits per heavy atom. The molecule has 0 spiro atoms. The Labute approximate surface area is 159 Å². The minimum atomic E-state index is -1.17. The lowest BCUT2D eigenvalue weighted by Crippen LogP contribution is -2.29. The molecular weight excluding hydrogens is 371 g/mol. The molecule has 9 heteroatoms. The molecule has 0 saturated heterocycles. The van der Waals surface area contributed by atoms with Gasteiger partial charge >= 0.3 is 11.7 Å². The van der Waals surface area contributed by atoms with Crippen LogP contribution in [0, 0.1) is 15.9 Å². The summed E-state index contributed by atoms with van der Waals surface area (Å²) in [5.74, 6) is -1.87. The summed E-state index contributed by atoms with van der Waals surface area (Å²) < 4.78 is 23.4. The van der Waals surface area contributed by atoms with Crippen LogP contribution in [0.1, 0.15) is 12.5 Å². The summed E-state index contributed by atoms with van der Waals surface area (Å²) in [6.07, 6.45) is 1.48. The van der Waals surface area contributed by atoms with Crippen LogP contribution in [0.2, 0.25) is 0 Å². The van der Waals surface area contributed by atoms with Gasteiger partial charge in [-0.15, -0.1) is 0 Å². The van der Waals surface area contributed by atoms with Gasteiger partial charge in [-0.2, -0.15) is 4.39 Å². The molecule has 0 aliphatic heterocycles. The van der Waals surface area contributed by atoms with E-state index >= 15 is 0 Å². The van der Waals surface area contributed by atoms with Crippen molar-refractivity contribution in [3.05, 3.63) is 70.0 Å². The molecule has 0 heterocycles. The number of esters is 1. The number of carbonyl (C=O) groups excluding carboxylic acids is 2. The Hall–Kier alpha value is -3.75. The molecule has 0 bridgehead atoms. The smallest absolute Gasteiger partial charge is 0.331 e. The molecule has 0 saturated carbocycles. The van der Waals surface area contributed by atoms with Crippen molar-refractivity contribution >= 4 is 29.3 Å². The second kappa shape index (κ2) is 9.26. The lowest BCUT2D eigenvalue weighted by atomic mass is 10.2. The summed E-state index contributed by atoms with van der Waals surface area (Å²) in [5, 5.41) is 13.1. The number of rotatable bonds is 7. The van der Waals surface area contributed by atoms with E-state index in [4.69, 9.17) is 9.47 Å². The molecule has 1 atom stereocenters. The molecule has 8 nitrogen and oxygen atoms in total. The van der Waals surface area contributed by atoms with Crippen LogP contribution in [0.25, 0.3) is 6.08 Å². The van der Waals surface area contributed by atoms with Crippen LogP contribution >= 0.6 is 0 Å². The lowest BCUT2D eigenvalue weighted by Gasteiger charge is -2.12. The summed E-state index contributed by atoms with van der Waals surface area (Å²) in [7, 11) is 1.52.